The molecular formula is C36H32ClN3O6. The molecule has 9 nitrogen and oxygen atoms in total. The normalized spacial score (nSPS) is 15.6. The summed E-state index contributed by atoms with van der Waals surface area (Å²) in [7, 11) is 0. The van der Waals surface area contributed by atoms with E-state index in [1.807, 2.05) is 60.7 Å². The lowest BCUT2D eigenvalue weighted by Gasteiger charge is -2.36. The highest BCUT2D eigenvalue weighted by Gasteiger charge is 2.38. The van der Waals surface area contributed by atoms with Crippen molar-refractivity contribution < 1.29 is 29.0 Å². The van der Waals surface area contributed by atoms with Crippen molar-refractivity contribution in [3.63, 3.8) is 0 Å². The molecular weight excluding hydrogens is 606 g/mol. The van der Waals surface area contributed by atoms with E-state index in [0.29, 0.717) is 10.7 Å². The quantitative estimate of drug-likeness (QED) is 0.220. The van der Waals surface area contributed by atoms with Gasteiger partial charge >= 0.3 is 12.1 Å². The van der Waals surface area contributed by atoms with Crippen LogP contribution in [0, 0.1) is 6.92 Å². The highest BCUT2D eigenvalue weighted by molar-refractivity contribution is 6.31. The molecule has 4 aromatic carbocycles. The summed E-state index contributed by atoms with van der Waals surface area (Å²) >= 11 is 6.09. The van der Waals surface area contributed by atoms with E-state index < -0.39 is 42.4 Å². The van der Waals surface area contributed by atoms with Gasteiger partial charge in [0.05, 0.1) is 13.0 Å². The lowest BCUT2D eigenvalue weighted by atomic mass is 9.93. The SMILES string of the molecule is Cc1cc(NC(=O)[C@H](CC(=O)O)NC(=O)[C@@H]2Cc3ccccc3CN2C(=O)OCC2c3ccccc3-c3ccccc32)ccc1Cl. The fraction of sp³-hybridized carbons (Fsp3) is 0.222. The highest BCUT2D eigenvalue weighted by Crippen LogP contribution is 2.44. The molecule has 6 rings (SSSR count). The maximum atomic E-state index is 13.8. The predicted octanol–water partition coefficient (Wildman–Crippen LogP) is 5.92. The molecule has 1 aliphatic heterocycles. The zero-order valence-electron chi connectivity index (χ0n) is 25.0. The number of ether oxygens (including phenoxy) is 1. The van der Waals surface area contributed by atoms with E-state index in [9.17, 15) is 24.3 Å². The van der Waals surface area contributed by atoms with E-state index in [2.05, 4.69) is 22.8 Å². The fourth-order valence-electron chi connectivity index (χ4n) is 6.23. The maximum Gasteiger partial charge on any atom is 0.410 e. The third-order valence-electron chi connectivity index (χ3n) is 8.56. The molecule has 0 radical (unpaired) electrons. The summed E-state index contributed by atoms with van der Waals surface area (Å²) in [5.41, 5.74) is 7.20. The Morgan fingerprint density at radius 2 is 1.54 bits per heavy atom. The Labute approximate surface area is 271 Å². The first-order valence-electron chi connectivity index (χ1n) is 15.0. The minimum absolute atomic E-state index is 0.0733. The average Bonchev–Trinajstić information content (AvgIpc) is 3.37. The first-order chi connectivity index (χ1) is 22.2. The van der Waals surface area contributed by atoms with Gasteiger partial charge in [-0.15, -0.1) is 0 Å². The van der Waals surface area contributed by atoms with Crippen molar-refractivity contribution in [3.8, 4) is 11.1 Å². The van der Waals surface area contributed by atoms with Gasteiger partial charge in [-0.3, -0.25) is 19.3 Å². The summed E-state index contributed by atoms with van der Waals surface area (Å²) < 4.78 is 5.91. The van der Waals surface area contributed by atoms with Crippen LogP contribution in [0.4, 0.5) is 10.5 Å². The third-order valence-corrected chi connectivity index (χ3v) is 8.98. The van der Waals surface area contributed by atoms with Crippen molar-refractivity contribution in [2.24, 2.45) is 0 Å². The molecule has 3 amide bonds. The third kappa shape index (κ3) is 6.32. The van der Waals surface area contributed by atoms with Crippen LogP contribution in [0.25, 0.3) is 11.1 Å². The van der Waals surface area contributed by atoms with Crippen LogP contribution < -0.4 is 10.6 Å². The van der Waals surface area contributed by atoms with Gasteiger partial charge < -0.3 is 20.5 Å². The van der Waals surface area contributed by atoms with E-state index >= 15 is 0 Å². The van der Waals surface area contributed by atoms with E-state index in [1.165, 1.54) is 4.90 Å². The van der Waals surface area contributed by atoms with Crippen molar-refractivity contribution in [2.45, 2.75) is 44.3 Å². The molecule has 3 N–H and O–H groups in total. The van der Waals surface area contributed by atoms with Gasteiger partial charge in [-0.2, -0.15) is 0 Å². The van der Waals surface area contributed by atoms with Crippen LogP contribution in [-0.4, -0.2) is 52.6 Å². The summed E-state index contributed by atoms with van der Waals surface area (Å²) in [4.78, 5) is 53.8. The maximum absolute atomic E-state index is 13.8. The van der Waals surface area contributed by atoms with E-state index in [0.717, 1.165) is 38.9 Å². The Morgan fingerprint density at radius 1 is 0.913 bits per heavy atom. The molecule has 0 aromatic heterocycles. The number of hydrogen-bond donors (Lipinski definition) is 3. The number of amides is 3. The fourth-order valence-corrected chi connectivity index (χ4v) is 6.35. The van der Waals surface area contributed by atoms with Crippen LogP contribution >= 0.6 is 11.6 Å². The number of aryl methyl sites for hydroxylation is 1. The molecule has 10 heteroatoms. The summed E-state index contributed by atoms with van der Waals surface area (Å²) in [5, 5.41) is 15.3. The van der Waals surface area contributed by atoms with Crippen LogP contribution in [0.1, 0.15) is 40.2 Å². The molecule has 0 bridgehead atoms. The van der Waals surface area contributed by atoms with E-state index in [4.69, 9.17) is 16.3 Å². The number of nitrogens with one attached hydrogen (secondary N) is 2. The van der Waals surface area contributed by atoms with Gasteiger partial charge in [-0.1, -0.05) is 84.4 Å². The molecule has 1 aliphatic carbocycles. The van der Waals surface area contributed by atoms with Crippen molar-refractivity contribution in [3.05, 3.63) is 124 Å². The van der Waals surface area contributed by atoms with Gasteiger partial charge in [0, 0.05) is 23.0 Å². The minimum atomic E-state index is -1.40. The Balaban J connectivity index is 1.21. The average molecular weight is 638 g/mol. The molecule has 0 saturated heterocycles. The number of carboxylic acid groups (broad SMARTS) is 1. The minimum Gasteiger partial charge on any atom is -0.481 e. The molecule has 0 spiro atoms. The zero-order chi connectivity index (χ0) is 32.4. The van der Waals surface area contributed by atoms with Crippen LogP contribution in [0.15, 0.2) is 91.0 Å². The van der Waals surface area contributed by atoms with Gasteiger partial charge in [0.15, 0.2) is 0 Å². The van der Waals surface area contributed by atoms with Gasteiger partial charge in [0.2, 0.25) is 11.8 Å². The number of benzene rings is 4. The molecule has 4 aromatic rings. The van der Waals surface area contributed by atoms with Crippen LogP contribution in [-0.2, 0) is 32.1 Å². The molecule has 2 aliphatic rings. The lowest BCUT2D eigenvalue weighted by molar-refractivity contribution is -0.140. The summed E-state index contributed by atoms with van der Waals surface area (Å²) in [6.45, 7) is 1.96. The zero-order valence-corrected chi connectivity index (χ0v) is 25.8. The Hall–Kier alpha value is -5.15. The van der Waals surface area contributed by atoms with Crippen molar-refractivity contribution in [2.75, 3.05) is 11.9 Å². The number of rotatable bonds is 8. The van der Waals surface area contributed by atoms with Gasteiger partial charge in [0.1, 0.15) is 18.7 Å². The highest BCUT2D eigenvalue weighted by atomic mass is 35.5. The van der Waals surface area contributed by atoms with Crippen LogP contribution in [0.5, 0.6) is 0 Å². The number of halogens is 1. The van der Waals surface area contributed by atoms with Crippen molar-refractivity contribution in [1.29, 1.82) is 0 Å². The smallest absolute Gasteiger partial charge is 0.410 e. The number of nitrogens with zero attached hydrogens (tertiary/aromatic N) is 1. The second kappa shape index (κ2) is 13.1. The molecule has 0 unspecified atom stereocenters. The number of carboxylic acids is 1. The second-order valence-electron chi connectivity index (χ2n) is 11.5. The van der Waals surface area contributed by atoms with Crippen LogP contribution in [0.3, 0.4) is 0 Å². The number of carbonyl (C=O) groups is 4. The summed E-state index contributed by atoms with van der Waals surface area (Å²) in [5.74, 6) is -2.80. The van der Waals surface area contributed by atoms with Crippen molar-refractivity contribution in [1.82, 2.24) is 10.2 Å². The van der Waals surface area contributed by atoms with Gasteiger partial charge in [0.25, 0.3) is 0 Å². The first-order valence-corrected chi connectivity index (χ1v) is 15.3. The topological polar surface area (TPSA) is 125 Å². The molecule has 2 atom stereocenters. The first kappa shape index (κ1) is 30.9. The van der Waals surface area contributed by atoms with E-state index in [-0.39, 0.29) is 25.5 Å². The van der Waals surface area contributed by atoms with Crippen LogP contribution in [0.2, 0.25) is 5.02 Å². The Morgan fingerprint density at radius 3 is 2.20 bits per heavy atom. The molecule has 0 fully saturated rings. The number of fused-ring (bicyclic) bond motifs is 4. The number of anilines is 1. The Kier molecular flexibility index (Phi) is 8.76. The predicted molar refractivity (Wildman–Crippen MR) is 174 cm³/mol. The lowest BCUT2D eigenvalue weighted by Crippen LogP contribution is -2.56. The van der Waals surface area contributed by atoms with Crippen molar-refractivity contribution >= 4 is 41.2 Å². The summed E-state index contributed by atoms with van der Waals surface area (Å²) in [6.07, 6.45) is -1.16. The molecule has 1 heterocycles. The molecule has 46 heavy (non-hydrogen) atoms. The monoisotopic (exact) mass is 637 g/mol. The largest absolute Gasteiger partial charge is 0.481 e. The van der Waals surface area contributed by atoms with Gasteiger partial charge in [-0.25, -0.2) is 4.79 Å². The Bertz CT molecular complexity index is 1800. The number of hydrogen-bond acceptors (Lipinski definition) is 5. The second-order valence-corrected chi connectivity index (χ2v) is 11.9. The van der Waals surface area contributed by atoms with Gasteiger partial charge in [-0.05, 0) is 64.1 Å². The number of aliphatic carboxylic acids is 1. The summed E-state index contributed by atoms with van der Waals surface area (Å²) in [6, 6.07) is 25.9. The molecule has 234 valence electrons. The molecule has 0 saturated carbocycles. The van der Waals surface area contributed by atoms with E-state index in [1.54, 1.807) is 25.1 Å². The standard InChI is InChI=1S/C36H32ClN3O6/c1-21-16-24(14-15-30(21)37)38-34(43)31(18-33(41)42)39-35(44)32-17-22-8-2-3-9-23(22)19-40(32)36(45)46-20-29-27-12-6-4-10-25(27)26-11-5-7-13-28(26)29/h2-16,29,31-32H,17-20H2,1H3,(H,38,43)(H,39,44)(H,41,42)/t31-,32-/m0/s1. The number of carbonyl (C=O) groups excluding carboxylic acids is 3.